The molecule has 20 heavy (non-hydrogen) atoms. The second-order valence-electron chi connectivity index (χ2n) is 4.08. The molecule has 1 atom stereocenters. The predicted molar refractivity (Wildman–Crippen MR) is 75.0 cm³/mol. The van der Waals surface area contributed by atoms with E-state index in [4.69, 9.17) is 5.84 Å². The molecule has 0 amide bonds. The summed E-state index contributed by atoms with van der Waals surface area (Å²) >= 11 is 4.95. The van der Waals surface area contributed by atoms with Crippen LogP contribution in [0.3, 0.4) is 0 Å². The van der Waals surface area contributed by atoms with Crippen LogP contribution in [0.4, 0.5) is 13.2 Å². The average molecular weight is 366 g/mol. The number of halogens is 4. The number of hydrazine groups is 1. The van der Waals surface area contributed by atoms with E-state index in [9.17, 15) is 13.2 Å². The maximum absolute atomic E-state index is 12.5. The van der Waals surface area contributed by atoms with Crippen molar-refractivity contribution in [3.05, 3.63) is 50.4 Å². The van der Waals surface area contributed by atoms with Crippen LogP contribution < -0.4 is 11.3 Å². The van der Waals surface area contributed by atoms with Crippen LogP contribution in [0.5, 0.6) is 0 Å². The summed E-state index contributed by atoms with van der Waals surface area (Å²) in [4.78, 5) is 4.90. The van der Waals surface area contributed by atoms with E-state index >= 15 is 0 Å². The second kappa shape index (κ2) is 6.21. The van der Waals surface area contributed by atoms with Crippen molar-refractivity contribution in [2.24, 2.45) is 5.84 Å². The van der Waals surface area contributed by atoms with Gasteiger partial charge in [-0.05, 0) is 39.5 Å². The minimum Gasteiger partial charge on any atom is -0.271 e. The minimum absolute atomic E-state index is 0.341. The molecule has 0 spiro atoms. The summed E-state index contributed by atoms with van der Waals surface area (Å²) < 4.78 is 38.4. The Hall–Kier alpha value is -0.960. The van der Waals surface area contributed by atoms with Gasteiger partial charge in [-0.3, -0.25) is 16.3 Å². The molecular formula is C12H11BrF3N3S. The zero-order chi connectivity index (χ0) is 14.8. The first-order valence-electron chi connectivity index (χ1n) is 5.63. The van der Waals surface area contributed by atoms with Gasteiger partial charge >= 0.3 is 6.18 Å². The first-order chi connectivity index (χ1) is 9.41. The van der Waals surface area contributed by atoms with Gasteiger partial charge in [0.25, 0.3) is 0 Å². The summed E-state index contributed by atoms with van der Waals surface area (Å²) in [6.07, 6.45) is -3.01. The zero-order valence-electron chi connectivity index (χ0n) is 10.1. The van der Waals surface area contributed by atoms with Gasteiger partial charge < -0.3 is 0 Å². The number of rotatable bonds is 4. The fourth-order valence-corrected chi connectivity index (χ4v) is 3.25. The van der Waals surface area contributed by atoms with Gasteiger partial charge in [-0.1, -0.05) is 0 Å². The SMILES string of the molecule is NNC(Cc1sccc1Br)c1ccc(C(F)(F)F)cn1. The number of alkyl halides is 3. The average Bonchev–Trinajstić information content (AvgIpc) is 2.80. The number of nitrogens with zero attached hydrogens (tertiary/aromatic N) is 1. The molecular weight excluding hydrogens is 355 g/mol. The first-order valence-corrected chi connectivity index (χ1v) is 7.30. The molecule has 8 heteroatoms. The molecule has 3 N–H and O–H groups in total. The van der Waals surface area contributed by atoms with Gasteiger partial charge in [0.2, 0.25) is 0 Å². The number of nitrogens with two attached hydrogens (primary N) is 1. The maximum Gasteiger partial charge on any atom is 0.417 e. The third-order valence-electron chi connectivity index (χ3n) is 2.75. The Morgan fingerprint density at radius 1 is 1.35 bits per heavy atom. The lowest BCUT2D eigenvalue weighted by Crippen LogP contribution is -2.30. The van der Waals surface area contributed by atoms with Crippen LogP contribution in [-0.4, -0.2) is 4.98 Å². The molecule has 0 saturated carbocycles. The lowest BCUT2D eigenvalue weighted by molar-refractivity contribution is -0.137. The molecule has 0 aliphatic heterocycles. The van der Waals surface area contributed by atoms with E-state index in [0.29, 0.717) is 12.1 Å². The van der Waals surface area contributed by atoms with Gasteiger partial charge in [-0.15, -0.1) is 11.3 Å². The third kappa shape index (κ3) is 3.57. The van der Waals surface area contributed by atoms with Crippen LogP contribution in [0.25, 0.3) is 0 Å². The Bertz CT molecular complexity index is 568. The number of aromatic nitrogens is 1. The van der Waals surface area contributed by atoms with Crippen LogP contribution >= 0.6 is 27.3 Å². The summed E-state index contributed by atoms with van der Waals surface area (Å²) in [5.41, 5.74) is 2.29. The summed E-state index contributed by atoms with van der Waals surface area (Å²) in [6, 6.07) is 3.92. The number of nitrogens with one attached hydrogen (secondary N) is 1. The summed E-state index contributed by atoms with van der Waals surface area (Å²) in [5, 5.41) is 1.92. The van der Waals surface area contributed by atoms with Crippen molar-refractivity contribution in [1.82, 2.24) is 10.4 Å². The maximum atomic E-state index is 12.5. The van der Waals surface area contributed by atoms with Crippen molar-refractivity contribution in [2.75, 3.05) is 0 Å². The van der Waals surface area contributed by atoms with E-state index in [1.165, 1.54) is 6.07 Å². The molecule has 108 valence electrons. The number of hydrogen-bond donors (Lipinski definition) is 2. The van der Waals surface area contributed by atoms with Crippen LogP contribution in [-0.2, 0) is 12.6 Å². The smallest absolute Gasteiger partial charge is 0.271 e. The van der Waals surface area contributed by atoms with Crippen LogP contribution in [0.1, 0.15) is 22.2 Å². The van der Waals surface area contributed by atoms with Crippen LogP contribution in [0.15, 0.2) is 34.2 Å². The molecule has 0 aromatic carbocycles. The first kappa shape index (κ1) is 15.4. The summed E-state index contributed by atoms with van der Waals surface area (Å²) in [5.74, 6) is 5.47. The normalized spacial score (nSPS) is 13.4. The molecule has 2 rings (SSSR count). The molecule has 0 radical (unpaired) electrons. The Kier molecular flexibility index (Phi) is 4.79. The van der Waals surface area contributed by atoms with E-state index in [0.717, 1.165) is 21.6 Å². The Balaban J connectivity index is 2.18. The molecule has 0 bridgehead atoms. The van der Waals surface area contributed by atoms with Gasteiger partial charge in [0.05, 0.1) is 17.3 Å². The molecule has 2 aromatic heterocycles. The molecule has 0 saturated heterocycles. The lowest BCUT2D eigenvalue weighted by Gasteiger charge is -2.15. The highest BCUT2D eigenvalue weighted by molar-refractivity contribution is 9.10. The van der Waals surface area contributed by atoms with Crippen molar-refractivity contribution in [3.63, 3.8) is 0 Å². The fourth-order valence-electron chi connectivity index (χ4n) is 1.68. The lowest BCUT2D eigenvalue weighted by atomic mass is 10.1. The standard InChI is InChI=1S/C12H11BrF3N3S/c13-8-3-4-20-11(8)5-10(19-17)9-2-1-7(6-18-9)12(14,15)16/h1-4,6,10,19H,5,17H2. The monoisotopic (exact) mass is 365 g/mol. The zero-order valence-corrected chi connectivity index (χ0v) is 12.5. The molecule has 0 fully saturated rings. The second-order valence-corrected chi connectivity index (χ2v) is 5.94. The Morgan fingerprint density at radius 3 is 2.55 bits per heavy atom. The van der Waals surface area contributed by atoms with Gasteiger partial charge in [0.1, 0.15) is 0 Å². The highest BCUT2D eigenvalue weighted by Crippen LogP contribution is 2.30. The molecule has 0 aliphatic carbocycles. The molecule has 2 heterocycles. The van der Waals surface area contributed by atoms with Gasteiger partial charge in [-0.25, -0.2) is 0 Å². The van der Waals surface area contributed by atoms with Gasteiger partial charge in [-0.2, -0.15) is 13.2 Å². The highest BCUT2D eigenvalue weighted by atomic mass is 79.9. The van der Waals surface area contributed by atoms with E-state index in [1.54, 1.807) is 11.3 Å². The van der Waals surface area contributed by atoms with Crippen molar-refractivity contribution >= 4 is 27.3 Å². The summed E-state index contributed by atoms with van der Waals surface area (Å²) in [6.45, 7) is 0. The number of thiophene rings is 1. The fraction of sp³-hybridized carbons (Fsp3) is 0.250. The van der Waals surface area contributed by atoms with E-state index in [1.807, 2.05) is 11.4 Å². The third-order valence-corrected chi connectivity index (χ3v) is 4.70. The number of hydrogen-bond acceptors (Lipinski definition) is 4. The van der Waals surface area contributed by atoms with Crippen molar-refractivity contribution in [1.29, 1.82) is 0 Å². The number of pyridine rings is 1. The topological polar surface area (TPSA) is 50.9 Å². The Labute approximate surface area is 126 Å². The molecule has 1 unspecified atom stereocenters. The molecule has 2 aromatic rings. The molecule has 0 aliphatic rings. The van der Waals surface area contributed by atoms with Crippen LogP contribution in [0.2, 0.25) is 0 Å². The minimum atomic E-state index is -4.38. The van der Waals surface area contributed by atoms with E-state index in [2.05, 4.69) is 26.3 Å². The van der Waals surface area contributed by atoms with Gasteiger partial charge in [0.15, 0.2) is 0 Å². The van der Waals surface area contributed by atoms with E-state index in [-0.39, 0.29) is 6.04 Å². The van der Waals surface area contributed by atoms with Crippen LogP contribution in [0, 0.1) is 0 Å². The largest absolute Gasteiger partial charge is 0.417 e. The van der Waals surface area contributed by atoms with Crippen molar-refractivity contribution in [2.45, 2.75) is 18.6 Å². The van der Waals surface area contributed by atoms with Crippen molar-refractivity contribution in [3.8, 4) is 0 Å². The van der Waals surface area contributed by atoms with Gasteiger partial charge in [0, 0.05) is 22.0 Å². The quantitative estimate of drug-likeness (QED) is 0.641. The Morgan fingerprint density at radius 2 is 2.10 bits per heavy atom. The van der Waals surface area contributed by atoms with E-state index < -0.39 is 11.7 Å². The van der Waals surface area contributed by atoms with Crippen molar-refractivity contribution < 1.29 is 13.2 Å². The predicted octanol–water partition coefficient (Wildman–Crippen LogP) is 3.67. The summed E-state index contributed by atoms with van der Waals surface area (Å²) in [7, 11) is 0. The molecule has 3 nitrogen and oxygen atoms in total. The highest BCUT2D eigenvalue weighted by Gasteiger charge is 2.31.